The molecule has 0 aromatic rings. The zero-order valence-electron chi connectivity index (χ0n) is 13.4. The summed E-state index contributed by atoms with van der Waals surface area (Å²) in [5.41, 5.74) is 0. The fourth-order valence-electron chi connectivity index (χ4n) is 2.83. The maximum atomic E-state index is 12.2. The van der Waals surface area contributed by atoms with E-state index in [1.54, 1.807) is 11.8 Å². The Hall–Kier alpha value is -0.810. The van der Waals surface area contributed by atoms with Gasteiger partial charge in [-0.25, -0.2) is 4.79 Å². The van der Waals surface area contributed by atoms with Gasteiger partial charge < -0.3 is 15.3 Å². The van der Waals surface area contributed by atoms with E-state index in [0.29, 0.717) is 19.1 Å². The first-order chi connectivity index (χ1) is 9.45. The standard InChI is InChI=1S/C15H31N3O2/c1-5-17-9-7-6-8-14(17)10-16-15(20)18(12(2)3)11-13(4)19/h12-14,19H,5-11H2,1-4H3,(H,16,20). The topological polar surface area (TPSA) is 55.8 Å². The van der Waals surface area contributed by atoms with Gasteiger partial charge in [0.1, 0.15) is 0 Å². The Kier molecular flexibility index (Phi) is 7.30. The quantitative estimate of drug-likeness (QED) is 0.780. The molecule has 2 N–H and O–H groups in total. The van der Waals surface area contributed by atoms with Crippen molar-refractivity contribution >= 4 is 6.03 Å². The number of carbonyl (C=O) groups is 1. The van der Waals surface area contributed by atoms with Crippen LogP contribution in [0.1, 0.15) is 47.0 Å². The summed E-state index contributed by atoms with van der Waals surface area (Å²) >= 11 is 0. The molecule has 0 saturated carbocycles. The van der Waals surface area contributed by atoms with E-state index in [4.69, 9.17) is 0 Å². The fraction of sp³-hybridized carbons (Fsp3) is 0.933. The average Bonchev–Trinajstić information content (AvgIpc) is 2.42. The number of rotatable bonds is 6. The van der Waals surface area contributed by atoms with E-state index < -0.39 is 6.10 Å². The van der Waals surface area contributed by atoms with E-state index in [1.165, 1.54) is 12.8 Å². The number of piperidine rings is 1. The lowest BCUT2D eigenvalue weighted by atomic mass is 10.0. The number of amides is 2. The van der Waals surface area contributed by atoms with E-state index in [2.05, 4.69) is 17.1 Å². The average molecular weight is 285 g/mol. The van der Waals surface area contributed by atoms with E-state index in [1.807, 2.05) is 13.8 Å². The van der Waals surface area contributed by atoms with Gasteiger partial charge in [-0.1, -0.05) is 13.3 Å². The van der Waals surface area contributed by atoms with Gasteiger partial charge in [0.25, 0.3) is 0 Å². The highest BCUT2D eigenvalue weighted by molar-refractivity contribution is 5.74. The molecule has 1 heterocycles. The van der Waals surface area contributed by atoms with Gasteiger partial charge in [-0.15, -0.1) is 0 Å². The van der Waals surface area contributed by atoms with Crippen LogP contribution in [0.2, 0.25) is 0 Å². The Morgan fingerprint density at radius 2 is 2.10 bits per heavy atom. The Morgan fingerprint density at radius 3 is 2.65 bits per heavy atom. The summed E-state index contributed by atoms with van der Waals surface area (Å²) < 4.78 is 0. The van der Waals surface area contributed by atoms with Crippen LogP contribution >= 0.6 is 0 Å². The van der Waals surface area contributed by atoms with Crippen LogP contribution in [-0.4, -0.2) is 65.3 Å². The van der Waals surface area contributed by atoms with Crippen molar-refractivity contribution in [3.05, 3.63) is 0 Å². The number of aliphatic hydroxyl groups excluding tert-OH is 1. The molecule has 1 fully saturated rings. The number of urea groups is 1. The molecule has 1 saturated heterocycles. The molecule has 0 bridgehead atoms. The molecule has 20 heavy (non-hydrogen) atoms. The smallest absolute Gasteiger partial charge is 0.317 e. The Labute approximate surface area is 123 Å². The van der Waals surface area contributed by atoms with Gasteiger partial charge in [0.15, 0.2) is 0 Å². The van der Waals surface area contributed by atoms with Gasteiger partial charge >= 0.3 is 6.03 Å². The van der Waals surface area contributed by atoms with Crippen LogP contribution in [0.25, 0.3) is 0 Å². The van der Waals surface area contributed by atoms with Crippen molar-refractivity contribution < 1.29 is 9.90 Å². The third-order valence-electron chi connectivity index (χ3n) is 3.99. The van der Waals surface area contributed by atoms with Gasteiger partial charge in [-0.05, 0) is 46.7 Å². The highest BCUT2D eigenvalue weighted by atomic mass is 16.3. The predicted octanol–water partition coefficient (Wildman–Crippen LogP) is 1.66. The van der Waals surface area contributed by atoms with Crippen molar-refractivity contribution in [1.29, 1.82) is 0 Å². The summed E-state index contributed by atoms with van der Waals surface area (Å²) in [7, 11) is 0. The number of nitrogens with one attached hydrogen (secondary N) is 1. The summed E-state index contributed by atoms with van der Waals surface area (Å²) in [6.07, 6.45) is 3.17. The summed E-state index contributed by atoms with van der Waals surface area (Å²) in [6, 6.07) is 0.485. The number of likely N-dealkylation sites (tertiary alicyclic amines) is 1. The van der Waals surface area contributed by atoms with E-state index in [0.717, 1.165) is 19.5 Å². The SMILES string of the molecule is CCN1CCCCC1CNC(=O)N(CC(C)O)C(C)C. The van der Waals surface area contributed by atoms with Gasteiger partial charge in [0.2, 0.25) is 0 Å². The molecule has 118 valence electrons. The molecule has 0 aromatic heterocycles. The minimum Gasteiger partial charge on any atom is -0.392 e. The fourth-order valence-corrected chi connectivity index (χ4v) is 2.83. The molecular weight excluding hydrogens is 254 g/mol. The molecule has 5 heteroatoms. The lowest BCUT2D eigenvalue weighted by Gasteiger charge is -2.36. The summed E-state index contributed by atoms with van der Waals surface area (Å²) in [6.45, 7) is 11.1. The Bertz CT molecular complexity index is 295. The van der Waals surface area contributed by atoms with Crippen molar-refractivity contribution in [3.63, 3.8) is 0 Å². The number of hydrogen-bond acceptors (Lipinski definition) is 3. The first kappa shape index (κ1) is 17.2. The Balaban J connectivity index is 2.47. The molecule has 0 radical (unpaired) electrons. The largest absolute Gasteiger partial charge is 0.392 e. The molecule has 1 aliphatic heterocycles. The summed E-state index contributed by atoms with van der Waals surface area (Å²) in [4.78, 5) is 16.4. The van der Waals surface area contributed by atoms with Crippen molar-refractivity contribution in [3.8, 4) is 0 Å². The van der Waals surface area contributed by atoms with Crippen LogP contribution in [0.4, 0.5) is 4.79 Å². The number of nitrogens with zero attached hydrogens (tertiary/aromatic N) is 2. The molecule has 0 spiro atoms. The second-order valence-electron chi connectivity index (χ2n) is 6.06. The first-order valence-electron chi connectivity index (χ1n) is 7.92. The lowest BCUT2D eigenvalue weighted by molar-refractivity contribution is 0.113. The first-order valence-corrected chi connectivity index (χ1v) is 7.92. The van der Waals surface area contributed by atoms with E-state index in [-0.39, 0.29) is 12.1 Å². The van der Waals surface area contributed by atoms with Crippen LogP contribution in [0.5, 0.6) is 0 Å². The molecule has 2 unspecified atom stereocenters. The molecule has 1 rings (SSSR count). The number of carbonyl (C=O) groups excluding carboxylic acids is 1. The summed E-state index contributed by atoms with van der Waals surface area (Å²) in [5.74, 6) is 0. The monoisotopic (exact) mass is 285 g/mol. The van der Waals surface area contributed by atoms with E-state index >= 15 is 0 Å². The third kappa shape index (κ3) is 5.29. The van der Waals surface area contributed by atoms with E-state index in [9.17, 15) is 9.90 Å². The van der Waals surface area contributed by atoms with Gasteiger partial charge in [-0.3, -0.25) is 4.90 Å². The molecule has 2 amide bonds. The van der Waals surface area contributed by atoms with Crippen LogP contribution < -0.4 is 5.32 Å². The van der Waals surface area contributed by atoms with Crippen molar-refractivity contribution in [2.75, 3.05) is 26.2 Å². The zero-order valence-corrected chi connectivity index (χ0v) is 13.4. The number of aliphatic hydroxyl groups is 1. The van der Waals surface area contributed by atoms with Crippen LogP contribution in [-0.2, 0) is 0 Å². The number of hydrogen-bond donors (Lipinski definition) is 2. The normalized spacial score (nSPS) is 21.8. The maximum Gasteiger partial charge on any atom is 0.317 e. The maximum absolute atomic E-state index is 12.2. The van der Waals surface area contributed by atoms with Crippen LogP contribution in [0, 0.1) is 0 Å². The van der Waals surface area contributed by atoms with Crippen LogP contribution in [0.15, 0.2) is 0 Å². The second-order valence-corrected chi connectivity index (χ2v) is 6.06. The molecule has 0 aliphatic carbocycles. The zero-order chi connectivity index (χ0) is 15.1. The number of likely N-dealkylation sites (N-methyl/N-ethyl adjacent to an activating group) is 1. The van der Waals surface area contributed by atoms with Crippen LogP contribution in [0.3, 0.4) is 0 Å². The second kappa shape index (κ2) is 8.47. The molecule has 0 aromatic carbocycles. The summed E-state index contributed by atoms with van der Waals surface area (Å²) in [5, 5.41) is 12.5. The highest BCUT2D eigenvalue weighted by Gasteiger charge is 2.23. The van der Waals surface area contributed by atoms with Crippen molar-refractivity contribution in [1.82, 2.24) is 15.1 Å². The highest BCUT2D eigenvalue weighted by Crippen LogP contribution is 2.15. The molecule has 5 nitrogen and oxygen atoms in total. The van der Waals surface area contributed by atoms with Gasteiger partial charge in [-0.2, -0.15) is 0 Å². The minimum absolute atomic E-state index is 0.0671. The molecule has 2 atom stereocenters. The van der Waals surface area contributed by atoms with Gasteiger partial charge in [0.05, 0.1) is 6.10 Å². The lowest BCUT2D eigenvalue weighted by Crippen LogP contribution is -2.51. The van der Waals surface area contributed by atoms with Crippen molar-refractivity contribution in [2.24, 2.45) is 0 Å². The van der Waals surface area contributed by atoms with Gasteiger partial charge in [0, 0.05) is 25.2 Å². The minimum atomic E-state index is -0.495. The predicted molar refractivity (Wildman–Crippen MR) is 81.8 cm³/mol. The third-order valence-corrected chi connectivity index (χ3v) is 3.99. The van der Waals surface area contributed by atoms with Crippen molar-refractivity contribution in [2.45, 2.75) is 65.1 Å². The Morgan fingerprint density at radius 1 is 1.40 bits per heavy atom. The molecular formula is C15H31N3O2. The molecule has 1 aliphatic rings.